The molecular weight excluding hydrogens is 232 g/mol. The Labute approximate surface area is 109 Å². The minimum atomic E-state index is 0.0639. The highest BCUT2D eigenvalue weighted by Gasteiger charge is 2.34. The van der Waals surface area contributed by atoms with Crippen molar-refractivity contribution in [1.82, 2.24) is 4.90 Å². The Bertz CT molecular complexity index is 279. The van der Waals surface area contributed by atoms with Gasteiger partial charge in [-0.25, -0.2) is 0 Å². The van der Waals surface area contributed by atoms with E-state index in [0.717, 1.165) is 19.4 Å². The molecule has 2 rings (SSSR count). The zero-order valence-electron chi connectivity index (χ0n) is 11.1. The molecule has 1 saturated carbocycles. The molecule has 0 bridgehead atoms. The highest BCUT2D eigenvalue weighted by molar-refractivity contribution is 5.77. The second kappa shape index (κ2) is 6.50. The van der Waals surface area contributed by atoms with Crippen LogP contribution >= 0.6 is 0 Å². The number of ether oxygens (including phenoxy) is 2. The maximum absolute atomic E-state index is 12.2. The molecule has 1 aliphatic heterocycles. The van der Waals surface area contributed by atoms with Gasteiger partial charge in [-0.05, 0) is 25.7 Å². The van der Waals surface area contributed by atoms with Crippen molar-refractivity contribution in [2.75, 3.05) is 32.9 Å². The summed E-state index contributed by atoms with van der Waals surface area (Å²) in [6, 6.07) is 0.0639. The monoisotopic (exact) mass is 256 g/mol. The third kappa shape index (κ3) is 3.22. The number of carbonyl (C=O) groups is 1. The normalized spacial score (nSPS) is 32.1. The molecule has 104 valence electrons. The summed E-state index contributed by atoms with van der Waals surface area (Å²) in [6.45, 7) is 5.16. The first-order chi connectivity index (χ1) is 8.74. The topological polar surface area (TPSA) is 64.8 Å². The molecule has 1 saturated heterocycles. The number of hydrogen-bond acceptors (Lipinski definition) is 4. The average Bonchev–Trinajstić information content (AvgIpc) is 2.36. The zero-order chi connectivity index (χ0) is 13.0. The van der Waals surface area contributed by atoms with Crippen LogP contribution in [0.15, 0.2) is 0 Å². The first kappa shape index (κ1) is 13.8. The molecule has 0 aromatic carbocycles. The van der Waals surface area contributed by atoms with Crippen molar-refractivity contribution in [2.24, 2.45) is 11.7 Å². The molecule has 1 amide bonds. The van der Waals surface area contributed by atoms with Crippen LogP contribution < -0.4 is 5.73 Å². The number of carbonyl (C=O) groups excluding carboxylic acids is 1. The van der Waals surface area contributed by atoms with Crippen molar-refractivity contribution in [3.8, 4) is 0 Å². The van der Waals surface area contributed by atoms with Crippen LogP contribution in [0.5, 0.6) is 0 Å². The summed E-state index contributed by atoms with van der Waals surface area (Å²) in [5.74, 6) is 0.726. The molecule has 18 heavy (non-hydrogen) atoms. The second-order valence-electron chi connectivity index (χ2n) is 5.17. The lowest BCUT2D eigenvalue weighted by Gasteiger charge is -2.39. The number of amides is 1. The summed E-state index contributed by atoms with van der Waals surface area (Å²) in [7, 11) is 0. The van der Waals surface area contributed by atoms with Crippen LogP contribution in [-0.2, 0) is 14.3 Å². The van der Waals surface area contributed by atoms with Gasteiger partial charge in [0.1, 0.15) is 0 Å². The second-order valence-corrected chi connectivity index (χ2v) is 5.17. The number of nitrogens with two attached hydrogens (primary N) is 1. The fraction of sp³-hybridized carbons (Fsp3) is 0.923. The first-order valence-corrected chi connectivity index (χ1v) is 6.93. The molecule has 2 fully saturated rings. The molecule has 2 N–H and O–H groups in total. The van der Waals surface area contributed by atoms with Gasteiger partial charge >= 0.3 is 0 Å². The number of rotatable bonds is 5. The Morgan fingerprint density at radius 1 is 1.50 bits per heavy atom. The minimum Gasteiger partial charge on any atom is -0.378 e. The van der Waals surface area contributed by atoms with Crippen LogP contribution in [0.2, 0.25) is 0 Å². The quantitative estimate of drug-likeness (QED) is 0.772. The summed E-state index contributed by atoms with van der Waals surface area (Å²) in [5.41, 5.74) is 5.68. The van der Waals surface area contributed by atoms with Crippen molar-refractivity contribution in [3.63, 3.8) is 0 Å². The third-order valence-electron chi connectivity index (χ3n) is 3.88. The number of morpholine rings is 1. The summed E-state index contributed by atoms with van der Waals surface area (Å²) < 4.78 is 10.9. The molecule has 0 aromatic heterocycles. The lowest BCUT2D eigenvalue weighted by atomic mass is 9.79. The van der Waals surface area contributed by atoms with E-state index in [4.69, 9.17) is 15.2 Å². The lowest BCUT2D eigenvalue weighted by Crippen LogP contribution is -2.52. The Balaban J connectivity index is 1.74. The maximum atomic E-state index is 12.2. The van der Waals surface area contributed by atoms with Crippen LogP contribution in [0.1, 0.15) is 26.2 Å². The van der Waals surface area contributed by atoms with Crippen molar-refractivity contribution < 1.29 is 14.3 Å². The third-order valence-corrected chi connectivity index (χ3v) is 3.88. The summed E-state index contributed by atoms with van der Waals surface area (Å²) in [5, 5.41) is 0. The molecule has 0 spiro atoms. The minimum absolute atomic E-state index is 0.0639. The maximum Gasteiger partial charge on any atom is 0.223 e. The Hall–Kier alpha value is -0.650. The highest BCUT2D eigenvalue weighted by atomic mass is 16.5. The standard InChI is InChI=1S/C13H24N2O3/c1-2-18-12-5-10(6-12)7-13(16)15-3-4-17-9-11(15)8-14/h10-12H,2-9,14H2,1H3. The van der Waals surface area contributed by atoms with E-state index in [-0.39, 0.29) is 11.9 Å². The molecule has 1 aliphatic carbocycles. The van der Waals surface area contributed by atoms with Gasteiger partial charge in [-0.3, -0.25) is 4.79 Å². The van der Waals surface area contributed by atoms with Crippen LogP contribution in [-0.4, -0.2) is 55.9 Å². The molecule has 5 nitrogen and oxygen atoms in total. The van der Waals surface area contributed by atoms with Gasteiger partial charge in [-0.1, -0.05) is 0 Å². The van der Waals surface area contributed by atoms with Gasteiger partial charge < -0.3 is 20.1 Å². The van der Waals surface area contributed by atoms with Crippen LogP contribution in [0.3, 0.4) is 0 Å². The van der Waals surface area contributed by atoms with Crippen molar-refractivity contribution >= 4 is 5.91 Å². The number of nitrogens with zero attached hydrogens (tertiary/aromatic N) is 1. The predicted molar refractivity (Wildman–Crippen MR) is 68.1 cm³/mol. The molecule has 2 aliphatic rings. The SMILES string of the molecule is CCOC1CC(CC(=O)N2CCOCC2CN)C1. The van der Waals surface area contributed by atoms with Crippen LogP contribution in [0.4, 0.5) is 0 Å². The van der Waals surface area contributed by atoms with Crippen LogP contribution in [0.25, 0.3) is 0 Å². The molecule has 1 unspecified atom stereocenters. The lowest BCUT2D eigenvalue weighted by molar-refractivity contribution is -0.142. The molecule has 0 aromatic rings. The van der Waals surface area contributed by atoms with Gasteiger partial charge in [0.25, 0.3) is 0 Å². The zero-order valence-corrected chi connectivity index (χ0v) is 11.1. The first-order valence-electron chi connectivity index (χ1n) is 6.93. The summed E-state index contributed by atoms with van der Waals surface area (Å²) >= 11 is 0. The van der Waals surface area contributed by atoms with E-state index in [2.05, 4.69) is 0 Å². The molecular formula is C13H24N2O3. The Morgan fingerprint density at radius 3 is 2.94 bits per heavy atom. The van der Waals surface area contributed by atoms with Gasteiger partial charge in [0.15, 0.2) is 0 Å². The molecule has 0 radical (unpaired) electrons. The number of hydrogen-bond donors (Lipinski definition) is 1. The van der Waals surface area contributed by atoms with Gasteiger partial charge in [0.2, 0.25) is 5.91 Å². The van der Waals surface area contributed by atoms with E-state index in [1.807, 2.05) is 11.8 Å². The van der Waals surface area contributed by atoms with E-state index < -0.39 is 0 Å². The Kier molecular flexibility index (Phi) is 4.97. The van der Waals surface area contributed by atoms with Gasteiger partial charge in [-0.15, -0.1) is 0 Å². The van der Waals surface area contributed by atoms with E-state index >= 15 is 0 Å². The van der Waals surface area contributed by atoms with Gasteiger partial charge in [-0.2, -0.15) is 0 Å². The molecule has 5 heteroatoms. The molecule has 1 atom stereocenters. The smallest absolute Gasteiger partial charge is 0.223 e. The van der Waals surface area contributed by atoms with E-state index in [9.17, 15) is 4.79 Å². The van der Waals surface area contributed by atoms with Crippen molar-refractivity contribution in [3.05, 3.63) is 0 Å². The van der Waals surface area contributed by atoms with E-state index in [0.29, 0.717) is 44.7 Å². The summed E-state index contributed by atoms with van der Waals surface area (Å²) in [4.78, 5) is 14.1. The van der Waals surface area contributed by atoms with Gasteiger partial charge in [0, 0.05) is 26.1 Å². The Morgan fingerprint density at radius 2 is 2.28 bits per heavy atom. The van der Waals surface area contributed by atoms with Gasteiger partial charge in [0.05, 0.1) is 25.4 Å². The predicted octanol–water partition coefficient (Wildman–Crippen LogP) is 0.378. The average molecular weight is 256 g/mol. The summed E-state index contributed by atoms with van der Waals surface area (Å²) in [6.07, 6.45) is 3.07. The van der Waals surface area contributed by atoms with Crippen LogP contribution in [0, 0.1) is 5.92 Å². The van der Waals surface area contributed by atoms with E-state index in [1.54, 1.807) is 0 Å². The van der Waals surface area contributed by atoms with Crippen molar-refractivity contribution in [1.29, 1.82) is 0 Å². The molecule has 1 heterocycles. The van der Waals surface area contributed by atoms with E-state index in [1.165, 1.54) is 0 Å². The van der Waals surface area contributed by atoms with Crippen molar-refractivity contribution in [2.45, 2.75) is 38.3 Å². The highest BCUT2D eigenvalue weighted by Crippen LogP contribution is 2.33. The largest absolute Gasteiger partial charge is 0.378 e. The fourth-order valence-corrected chi connectivity index (χ4v) is 2.76. The fourth-order valence-electron chi connectivity index (χ4n) is 2.76.